The number of aromatic nitrogens is 1. The molecule has 21 heavy (non-hydrogen) atoms. The molecule has 0 saturated carbocycles. The zero-order valence-electron chi connectivity index (χ0n) is 11.2. The first kappa shape index (κ1) is 13.4. The van der Waals surface area contributed by atoms with E-state index in [2.05, 4.69) is 4.98 Å². The van der Waals surface area contributed by atoms with Gasteiger partial charge < -0.3 is 0 Å². The molecule has 104 valence electrons. The molecule has 4 heteroatoms. The third kappa shape index (κ3) is 2.18. The van der Waals surface area contributed by atoms with Gasteiger partial charge in [0.2, 0.25) is 0 Å². The van der Waals surface area contributed by atoms with E-state index < -0.39 is 23.0 Å². The summed E-state index contributed by atoms with van der Waals surface area (Å²) in [6.07, 6.45) is 1.60. The second-order valence-electron chi connectivity index (χ2n) is 4.76. The maximum atomic E-state index is 14.1. The van der Waals surface area contributed by atoms with Crippen molar-refractivity contribution in [3.8, 4) is 0 Å². The van der Waals surface area contributed by atoms with Crippen LogP contribution >= 0.6 is 0 Å². The molecule has 0 radical (unpaired) electrons. The summed E-state index contributed by atoms with van der Waals surface area (Å²) in [5, 5.41) is 0.574. The van der Waals surface area contributed by atoms with Gasteiger partial charge in [-0.3, -0.25) is 9.78 Å². The van der Waals surface area contributed by atoms with Gasteiger partial charge in [0, 0.05) is 17.1 Å². The second-order valence-corrected chi connectivity index (χ2v) is 4.76. The summed E-state index contributed by atoms with van der Waals surface area (Å²) in [6.45, 7) is 1.50. The van der Waals surface area contributed by atoms with Gasteiger partial charge in [-0.25, -0.2) is 8.78 Å². The Hall–Kier alpha value is -2.62. The van der Waals surface area contributed by atoms with Crippen molar-refractivity contribution in [2.24, 2.45) is 0 Å². The predicted octanol–water partition coefficient (Wildman–Crippen LogP) is 4.05. The van der Waals surface area contributed by atoms with Crippen LogP contribution in [-0.4, -0.2) is 10.8 Å². The highest BCUT2D eigenvalue weighted by molar-refractivity contribution is 6.16. The summed E-state index contributed by atoms with van der Waals surface area (Å²) in [4.78, 5) is 16.7. The molecule has 0 spiro atoms. The molecule has 0 aliphatic carbocycles. The normalized spacial score (nSPS) is 10.8. The van der Waals surface area contributed by atoms with E-state index in [0.29, 0.717) is 10.9 Å². The molecule has 0 bridgehead atoms. The Labute approximate surface area is 120 Å². The molecule has 0 aliphatic heterocycles. The molecule has 0 unspecified atom stereocenters. The van der Waals surface area contributed by atoms with E-state index in [-0.39, 0.29) is 11.1 Å². The summed E-state index contributed by atoms with van der Waals surface area (Å²) in [6, 6.07) is 10.8. The van der Waals surface area contributed by atoms with Crippen molar-refractivity contribution in [1.82, 2.24) is 4.98 Å². The third-order valence-corrected chi connectivity index (χ3v) is 3.40. The number of carbonyl (C=O) groups is 1. The first-order chi connectivity index (χ1) is 10.1. The first-order valence-electron chi connectivity index (χ1n) is 6.42. The fourth-order valence-corrected chi connectivity index (χ4v) is 2.30. The van der Waals surface area contributed by atoms with Crippen LogP contribution in [0, 0.1) is 18.6 Å². The Morgan fingerprint density at radius 1 is 1.05 bits per heavy atom. The van der Waals surface area contributed by atoms with Crippen molar-refractivity contribution in [3.63, 3.8) is 0 Å². The summed E-state index contributed by atoms with van der Waals surface area (Å²) >= 11 is 0. The molecule has 0 N–H and O–H groups in total. The zero-order valence-corrected chi connectivity index (χ0v) is 11.2. The van der Waals surface area contributed by atoms with Gasteiger partial charge in [0.25, 0.3) is 0 Å². The number of hydrogen-bond acceptors (Lipinski definition) is 2. The summed E-state index contributed by atoms with van der Waals surface area (Å²) < 4.78 is 28.0. The van der Waals surface area contributed by atoms with Crippen molar-refractivity contribution in [3.05, 3.63) is 77.0 Å². The highest BCUT2D eigenvalue weighted by Crippen LogP contribution is 2.24. The van der Waals surface area contributed by atoms with Crippen LogP contribution in [0.5, 0.6) is 0 Å². The maximum absolute atomic E-state index is 14.1. The minimum atomic E-state index is -0.857. The number of pyridine rings is 1. The molecular formula is C17H11F2NO. The monoisotopic (exact) mass is 283 g/mol. The number of hydrogen-bond donors (Lipinski definition) is 0. The molecule has 0 fully saturated rings. The molecule has 0 saturated heterocycles. The molecule has 3 aromatic rings. The maximum Gasteiger partial charge on any atom is 0.199 e. The summed E-state index contributed by atoms with van der Waals surface area (Å²) in [5.41, 5.74) is 0.560. The van der Waals surface area contributed by atoms with E-state index in [1.165, 1.54) is 13.0 Å². The van der Waals surface area contributed by atoms with E-state index in [4.69, 9.17) is 0 Å². The molecule has 3 rings (SSSR count). The van der Waals surface area contributed by atoms with Gasteiger partial charge in [-0.2, -0.15) is 0 Å². The number of carbonyl (C=O) groups excluding carboxylic acids is 1. The topological polar surface area (TPSA) is 30.0 Å². The highest BCUT2D eigenvalue weighted by atomic mass is 19.1. The average molecular weight is 283 g/mol. The van der Waals surface area contributed by atoms with E-state index in [9.17, 15) is 13.6 Å². The minimum Gasteiger partial charge on any atom is -0.288 e. The van der Waals surface area contributed by atoms with Crippen molar-refractivity contribution >= 4 is 16.7 Å². The lowest BCUT2D eigenvalue weighted by atomic mass is 9.97. The van der Waals surface area contributed by atoms with Crippen LogP contribution in [0.4, 0.5) is 8.78 Å². The largest absolute Gasteiger partial charge is 0.288 e. The molecule has 1 heterocycles. The molecular weight excluding hydrogens is 272 g/mol. The molecule has 1 aromatic heterocycles. The number of ketones is 1. The fraction of sp³-hybridized carbons (Fsp3) is 0.0588. The lowest BCUT2D eigenvalue weighted by Crippen LogP contribution is -2.09. The van der Waals surface area contributed by atoms with Gasteiger partial charge in [-0.1, -0.05) is 24.3 Å². The SMILES string of the molecule is Cc1ccc(F)c(C(=O)c2cccc3ncccc23)c1F. The first-order valence-corrected chi connectivity index (χ1v) is 6.42. The Balaban J connectivity index is 2.25. The molecule has 0 amide bonds. The van der Waals surface area contributed by atoms with Gasteiger partial charge >= 0.3 is 0 Å². The molecule has 0 atom stereocenters. The summed E-state index contributed by atoms with van der Waals surface area (Å²) in [7, 11) is 0. The van der Waals surface area contributed by atoms with E-state index in [1.807, 2.05) is 0 Å². The van der Waals surface area contributed by atoms with Crippen LogP contribution in [-0.2, 0) is 0 Å². The average Bonchev–Trinajstić information content (AvgIpc) is 2.50. The number of rotatable bonds is 2. The standard InChI is InChI=1S/C17H11F2NO/c1-10-7-8-13(18)15(16(10)19)17(21)12-4-2-6-14-11(12)5-3-9-20-14/h2-9H,1H3. The second kappa shape index (κ2) is 5.05. The Bertz CT molecular complexity index is 853. The Kier molecular flexibility index (Phi) is 3.22. The van der Waals surface area contributed by atoms with Crippen molar-refractivity contribution < 1.29 is 13.6 Å². The van der Waals surface area contributed by atoms with Crippen LogP contribution in [0.3, 0.4) is 0 Å². The molecule has 2 aromatic carbocycles. The smallest absolute Gasteiger partial charge is 0.199 e. The molecule has 2 nitrogen and oxygen atoms in total. The fourth-order valence-electron chi connectivity index (χ4n) is 2.30. The van der Waals surface area contributed by atoms with Gasteiger partial charge in [-0.15, -0.1) is 0 Å². The van der Waals surface area contributed by atoms with Crippen LogP contribution in [0.25, 0.3) is 10.9 Å². The quantitative estimate of drug-likeness (QED) is 0.664. The predicted molar refractivity (Wildman–Crippen MR) is 76.3 cm³/mol. The van der Waals surface area contributed by atoms with Crippen molar-refractivity contribution in [1.29, 1.82) is 0 Å². The number of nitrogens with zero attached hydrogens (tertiary/aromatic N) is 1. The highest BCUT2D eigenvalue weighted by Gasteiger charge is 2.22. The Morgan fingerprint density at radius 3 is 2.67 bits per heavy atom. The Morgan fingerprint density at radius 2 is 1.86 bits per heavy atom. The van der Waals surface area contributed by atoms with Crippen LogP contribution < -0.4 is 0 Å². The van der Waals surface area contributed by atoms with Gasteiger partial charge in [0.05, 0.1) is 11.1 Å². The minimum absolute atomic E-state index is 0.234. The number of fused-ring (bicyclic) bond motifs is 1. The van der Waals surface area contributed by atoms with Gasteiger partial charge in [-0.05, 0) is 30.7 Å². The van der Waals surface area contributed by atoms with Crippen LogP contribution in [0.15, 0.2) is 48.7 Å². The third-order valence-electron chi connectivity index (χ3n) is 3.40. The lowest BCUT2D eigenvalue weighted by Gasteiger charge is -2.08. The zero-order chi connectivity index (χ0) is 15.0. The van der Waals surface area contributed by atoms with Gasteiger partial charge in [0.15, 0.2) is 5.78 Å². The summed E-state index contributed by atoms with van der Waals surface area (Å²) in [5.74, 6) is -2.35. The van der Waals surface area contributed by atoms with Crippen LogP contribution in [0.1, 0.15) is 21.5 Å². The van der Waals surface area contributed by atoms with Gasteiger partial charge in [0.1, 0.15) is 11.6 Å². The number of halogens is 2. The number of aryl methyl sites for hydroxylation is 1. The van der Waals surface area contributed by atoms with E-state index in [1.54, 1.807) is 36.5 Å². The van der Waals surface area contributed by atoms with E-state index in [0.717, 1.165) is 6.07 Å². The van der Waals surface area contributed by atoms with E-state index >= 15 is 0 Å². The molecule has 0 aliphatic rings. The number of benzene rings is 2. The van der Waals surface area contributed by atoms with Crippen LogP contribution in [0.2, 0.25) is 0 Å². The lowest BCUT2D eigenvalue weighted by molar-refractivity contribution is 0.103. The van der Waals surface area contributed by atoms with Crippen molar-refractivity contribution in [2.75, 3.05) is 0 Å². The van der Waals surface area contributed by atoms with Crippen molar-refractivity contribution in [2.45, 2.75) is 6.92 Å².